The van der Waals surface area contributed by atoms with Crippen molar-refractivity contribution in [3.63, 3.8) is 0 Å². The fourth-order valence-corrected chi connectivity index (χ4v) is 3.37. The minimum Gasteiger partial charge on any atom is -0.347 e. The molecule has 0 amide bonds. The second-order valence-electron chi connectivity index (χ2n) is 4.78. The quantitative estimate of drug-likeness (QED) is 0.691. The Balaban J connectivity index is 0.00000220. The van der Waals surface area contributed by atoms with Crippen LogP contribution in [0.2, 0.25) is 0 Å². The molecule has 21 heavy (non-hydrogen) atoms. The average Bonchev–Trinajstić information content (AvgIpc) is 2.81. The van der Waals surface area contributed by atoms with E-state index >= 15 is 0 Å². The summed E-state index contributed by atoms with van der Waals surface area (Å²) in [5, 5.41) is 3.41. The van der Waals surface area contributed by atoms with Crippen molar-refractivity contribution in [3.05, 3.63) is 38.4 Å². The van der Waals surface area contributed by atoms with Crippen LogP contribution in [0.15, 0.2) is 15.9 Å². The van der Waals surface area contributed by atoms with E-state index < -0.39 is 0 Å². The summed E-state index contributed by atoms with van der Waals surface area (Å²) < 4.78 is 1.14. The van der Waals surface area contributed by atoms with E-state index in [9.17, 15) is 0 Å². The summed E-state index contributed by atoms with van der Waals surface area (Å²) >= 11 is 5.24. The molecule has 2 aromatic heterocycles. The number of nitrogens with one attached hydrogen (secondary N) is 1. The van der Waals surface area contributed by atoms with E-state index in [2.05, 4.69) is 55.3 Å². The van der Waals surface area contributed by atoms with E-state index in [0.717, 1.165) is 27.8 Å². The normalized spacial score (nSPS) is 11.7. The Morgan fingerprint density at radius 3 is 2.52 bits per heavy atom. The van der Waals surface area contributed by atoms with Gasteiger partial charge in [0.1, 0.15) is 5.82 Å². The molecule has 2 aromatic rings. The van der Waals surface area contributed by atoms with Gasteiger partial charge < -0.3 is 11.2 Å². The topological polar surface area (TPSA) is 50.7 Å². The number of aryl methyl sites for hydroxylation is 1. The van der Waals surface area contributed by atoms with E-state index in [1.165, 1.54) is 4.88 Å². The maximum atomic E-state index is 4.48. The minimum atomic E-state index is 0. The molecular formula is C14H18BrN4SY+2. The number of hydrogen-bond acceptors (Lipinski definition) is 5. The van der Waals surface area contributed by atoms with Crippen LogP contribution in [0.4, 0.5) is 5.95 Å². The SMILES string of the molecule is CCC(Nc1nc(C)nc([C-](C)C)n1)c1ccc(Br)s1.[Y+3]. The standard InChI is InChI=1S/C14H18BrN4S.Y/c1-5-10(11-6-7-12(15)20-11)18-14-17-9(4)16-13(19-14)8(2)3;/h6-7,10H,5H2,1-4H3,(H,16,17,18,19);/q-1;+3. The second kappa shape index (κ2) is 8.56. The zero-order valence-corrected chi connectivity index (χ0v) is 17.9. The average molecular weight is 443 g/mol. The first kappa shape index (κ1) is 19.0. The van der Waals surface area contributed by atoms with E-state index in [0.29, 0.717) is 5.95 Å². The number of anilines is 1. The molecule has 0 bridgehead atoms. The third-order valence-electron chi connectivity index (χ3n) is 2.84. The monoisotopic (exact) mass is 442 g/mol. The Bertz CT molecular complexity index is 588. The fourth-order valence-electron chi connectivity index (χ4n) is 1.82. The largest absolute Gasteiger partial charge is 3.00 e. The Morgan fingerprint density at radius 2 is 2.00 bits per heavy atom. The molecule has 0 aliphatic rings. The van der Waals surface area contributed by atoms with Gasteiger partial charge in [0.15, 0.2) is 0 Å². The molecule has 0 radical (unpaired) electrons. The van der Waals surface area contributed by atoms with Gasteiger partial charge in [-0.25, -0.2) is 4.98 Å². The van der Waals surface area contributed by atoms with Gasteiger partial charge in [-0.05, 0) is 41.4 Å². The second-order valence-corrected chi connectivity index (χ2v) is 7.27. The van der Waals surface area contributed by atoms with Gasteiger partial charge in [0.25, 0.3) is 0 Å². The molecule has 108 valence electrons. The van der Waals surface area contributed by atoms with Gasteiger partial charge >= 0.3 is 32.7 Å². The number of halogens is 1. The van der Waals surface area contributed by atoms with Crippen molar-refractivity contribution in [2.24, 2.45) is 0 Å². The third kappa shape index (κ3) is 5.27. The van der Waals surface area contributed by atoms with Gasteiger partial charge in [-0.1, -0.05) is 6.92 Å². The van der Waals surface area contributed by atoms with Gasteiger partial charge in [-0.2, -0.15) is 18.8 Å². The molecule has 1 atom stereocenters. The smallest absolute Gasteiger partial charge is 0.347 e. The summed E-state index contributed by atoms with van der Waals surface area (Å²) in [6, 6.07) is 4.42. The molecule has 0 saturated carbocycles. The van der Waals surface area contributed by atoms with Gasteiger partial charge in [0, 0.05) is 10.7 Å². The minimum absolute atomic E-state index is 0. The fraction of sp³-hybridized carbons (Fsp3) is 0.429. The van der Waals surface area contributed by atoms with Crippen molar-refractivity contribution in [3.8, 4) is 0 Å². The van der Waals surface area contributed by atoms with Gasteiger partial charge in [-0.15, -0.1) is 11.3 Å². The van der Waals surface area contributed by atoms with Crippen molar-refractivity contribution in [1.29, 1.82) is 0 Å². The van der Waals surface area contributed by atoms with Crippen LogP contribution in [0, 0.1) is 12.8 Å². The van der Waals surface area contributed by atoms with Crippen LogP contribution in [0.5, 0.6) is 0 Å². The number of aromatic nitrogens is 3. The van der Waals surface area contributed by atoms with Crippen molar-refractivity contribution >= 4 is 33.2 Å². The molecule has 1 unspecified atom stereocenters. The summed E-state index contributed by atoms with van der Waals surface area (Å²) in [4.78, 5) is 14.5. The first-order chi connectivity index (χ1) is 9.49. The van der Waals surface area contributed by atoms with Gasteiger partial charge in [-0.3, -0.25) is 4.98 Å². The molecule has 1 N–H and O–H groups in total. The number of nitrogens with zero attached hydrogens (tertiary/aromatic N) is 3. The number of thiophene rings is 1. The van der Waals surface area contributed by atoms with Crippen LogP contribution in [0.25, 0.3) is 0 Å². The molecule has 2 heterocycles. The zero-order valence-electron chi connectivity index (χ0n) is 12.6. The predicted molar refractivity (Wildman–Crippen MR) is 86.9 cm³/mol. The van der Waals surface area contributed by atoms with E-state index in [-0.39, 0.29) is 38.8 Å². The first-order valence-electron chi connectivity index (χ1n) is 6.54. The number of rotatable bonds is 5. The molecule has 0 aliphatic heterocycles. The van der Waals surface area contributed by atoms with Crippen molar-refractivity contribution in [2.75, 3.05) is 5.32 Å². The van der Waals surface area contributed by atoms with Gasteiger partial charge in [0.05, 0.1) is 9.83 Å². The van der Waals surface area contributed by atoms with Crippen LogP contribution >= 0.6 is 27.3 Å². The van der Waals surface area contributed by atoms with Crippen molar-refractivity contribution in [2.45, 2.75) is 40.2 Å². The molecule has 0 aliphatic carbocycles. The Labute approximate surface area is 163 Å². The molecule has 0 spiro atoms. The van der Waals surface area contributed by atoms with Gasteiger partial charge in [0.2, 0.25) is 5.95 Å². The van der Waals surface area contributed by atoms with Crippen LogP contribution < -0.4 is 5.32 Å². The Morgan fingerprint density at radius 1 is 1.29 bits per heavy atom. The molecule has 2 rings (SSSR count). The van der Waals surface area contributed by atoms with E-state index in [1.807, 2.05) is 20.8 Å². The molecule has 0 fully saturated rings. The Kier molecular flexibility index (Phi) is 7.75. The van der Waals surface area contributed by atoms with Crippen molar-refractivity contribution < 1.29 is 32.7 Å². The first-order valence-corrected chi connectivity index (χ1v) is 8.15. The maximum absolute atomic E-state index is 4.48. The molecule has 0 aromatic carbocycles. The van der Waals surface area contributed by atoms with Crippen LogP contribution in [0.3, 0.4) is 0 Å². The zero-order chi connectivity index (χ0) is 14.7. The summed E-state index contributed by atoms with van der Waals surface area (Å²) in [7, 11) is 0. The predicted octanol–water partition coefficient (Wildman–Crippen LogP) is 4.53. The van der Waals surface area contributed by atoms with Crippen LogP contribution in [0.1, 0.15) is 49.8 Å². The molecular weight excluding hydrogens is 425 g/mol. The molecule has 4 nitrogen and oxygen atoms in total. The summed E-state index contributed by atoms with van der Waals surface area (Å²) in [6.45, 7) is 8.05. The summed E-state index contributed by atoms with van der Waals surface area (Å²) in [6.07, 6.45) is 0.974. The van der Waals surface area contributed by atoms with Crippen molar-refractivity contribution in [1.82, 2.24) is 15.0 Å². The maximum Gasteiger partial charge on any atom is 3.00 e. The van der Waals surface area contributed by atoms with Crippen LogP contribution in [-0.2, 0) is 32.7 Å². The molecule has 7 heteroatoms. The number of hydrogen-bond donors (Lipinski definition) is 1. The van der Waals surface area contributed by atoms with E-state index in [1.54, 1.807) is 11.3 Å². The summed E-state index contributed by atoms with van der Waals surface area (Å²) in [5.74, 6) is 3.22. The van der Waals surface area contributed by atoms with Crippen LogP contribution in [-0.4, -0.2) is 15.0 Å². The third-order valence-corrected chi connectivity index (χ3v) is 4.58. The molecule has 0 saturated heterocycles. The van der Waals surface area contributed by atoms with E-state index in [4.69, 9.17) is 0 Å². The Hall–Kier alpha value is -0.0361. The summed E-state index contributed by atoms with van der Waals surface area (Å²) in [5.41, 5.74) is 0.